The standard InChI is InChI=1S/C18H31N5/c1-22-13-15-23(16-14-22)12-6-5-10-20-18(19)21-11-9-17-7-3-2-4-8-17/h2-4,7-8H,5-6,9-16H2,1H3,(H3,19,20,21). The van der Waals surface area contributed by atoms with Crippen LogP contribution in [0, 0.1) is 0 Å². The third-order valence-corrected chi connectivity index (χ3v) is 4.32. The molecule has 0 spiro atoms. The first-order chi connectivity index (χ1) is 11.2. The van der Waals surface area contributed by atoms with E-state index in [-0.39, 0.29) is 0 Å². The number of hydrogen-bond donors (Lipinski definition) is 2. The van der Waals surface area contributed by atoms with Gasteiger partial charge in [0.15, 0.2) is 5.96 Å². The summed E-state index contributed by atoms with van der Waals surface area (Å²) in [4.78, 5) is 9.34. The Labute approximate surface area is 140 Å². The molecule has 0 saturated carbocycles. The van der Waals surface area contributed by atoms with E-state index >= 15 is 0 Å². The molecule has 1 heterocycles. The van der Waals surface area contributed by atoms with Crippen molar-refractivity contribution in [1.29, 1.82) is 0 Å². The van der Waals surface area contributed by atoms with Gasteiger partial charge >= 0.3 is 0 Å². The fourth-order valence-corrected chi connectivity index (χ4v) is 2.75. The van der Waals surface area contributed by atoms with E-state index in [1.165, 1.54) is 44.7 Å². The fraction of sp³-hybridized carbons (Fsp3) is 0.611. The van der Waals surface area contributed by atoms with Gasteiger partial charge in [0.1, 0.15) is 0 Å². The lowest BCUT2D eigenvalue weighted by Crippen LogP contribution is -2.44. The lowest BCUT2D eigenvalue weighted by molar-refractivity contribution is 0.152. The van der Waals surface area contributed by atoms with Crippen molar-refractivity contribution in [1.82, 2.24) is 15.1 Å². The molecular formula is C18H31N5. The Hall–Kier alpha value is -1.59. The van der Waals surface area contributed by atoms with Gasteiger partial charge < -0.3 is 20.9 Å². The molecule has 0 aromatic heterocycles. The van der Waals surface area contributed by atoms with Crippen LogP contribution in [-0.2, 0) is 6.42 Å². The summed E-state index contributed by atoms with van der Waals surface area (Å²) < 4.78 is 0. The van der Waals surface area contributed by atoms with E-state index in [1.807, 2.05) is 6.07 Å². The number of unbranched alkanes of at least 4 members (excludes halogenated alkanes) is 1. The molecule has 0 atom stereocenters. The smallest absolute Gasteiger partial charge is 0.188 e. The van der Waals surface area contributed by atoms with Gasteiger partial charge in [-0.3, -0.25) is 4.99 Å². The van der Waals surface area contributed by atoms with Crippen LogP contribution < -0.4 is 11.1 Å². The summed E-state index contributed by atoms with van der Waals surface area (Å²) in [5, 5.41) is 3.19. The predicted molar refractivity (Wildman–Crippen MR) is 97.8 cm³/mol. The topological polar surface area (TPSA) is 56.9 Å². The van der Waals surface area contributed by atoms with Gasteiger partial charge in [0, 0.05) is 39.3 Å². The number of rotatable bonds is 8. The molecule has 0 aliphatic carbocycles. The van der Waals surface area contributed by atoms with E-state index in [0.29, 0.717) is 5.96 Å². The van der Waals surface area contributed by atoms with Gasteiger partial charge in [0.05, 0.1) is 0 Å². The van der Waals surface area contributed by atoms with Crippen LogP contribution in [0.4, 0.5) is 0 Å². The van der Waals surface area contributed by atoms with Crippen molar-refractivity contribution < 1.29 is 0 Å². The molecule has 1 fully saturated rings. The average molecular weight is 317 g/mol. The van der Waals surface area contributed by atoms with E-state index in [1.54, 1.807) is 0 Å². The number of nitrogens with one attached hydrogen (secondary N) is 1. The highest BCUT2D eigenvalue weighted by atomic mass is 15.2. The van der Waals surface area contributed by atoms with Crippen LogP contribution in [0.25, 0.3) is 0 Å². The Bertz CT molecular complexity index is 452. The van der Waals surface area contributed by atoms with Gasteiger partial charge in [-0.2, -0.15) is 0 Å². The molecule has 3 N–H and O–H groups in total. The van der Waals surface area contributed by atoms with E-state index in [0.717, 1.165) is 25.9 Å². The van der Waals surface area contributed by atoms with Crippen molar-refractivity contribution in [3.05, 3.63) is 35.9 Å². The molecule has 0 amide bonds. The minimum absolute atomic E-state index is 0.570. The molecular weight excluding hydrogens is 286 g/mol. The second-order valence-electron chi connectivity index (χ2n) is 6.28. The summed E-state index contributed by atoms with van der Waals surface area (Å²) in [6, 6.07) is 10.4. The lowest BCUT2D eigenvalue weighted by atomic mass is 10.1. The van der Waals surface area contributed by atoms with Crippen LogP contribution in [0.15, 0.2) is 35.3 Å². The van der Waals surface area contributed by atoms with Crippen molar-refractivity contribution in [3.8, 4) is 0 Å². The van der Waals surface area contributed by atoms with E-state index in [2.05, 4.69) is 51.4 Å². The molecule has 1 aromatic rings. The molecule has 128 valence electrons. The first-order valence-corrected chi connectivity index (χ1v) is 8.72. The molecule has 5 heteroatoms. The summed E-state index contributed by atoms with van der Waals surface area (Å²) in [5.41, 5.74) is 7.22. The summed E-state index contributed by atoms with van der Waals surface area (Å²) in [6.07, 6.45) is 3.28. The number of guanidine groups is 1. The number of nitrogens with two attached hydrogens (primary N) is 1. The second kappa shape index (κ2) is 10.2. The summed E-state index contributed by atoms with van der Waals surface area (Å²) in [6.45, 7) is 7.61. The van der Waals surface area contributed by atoms with Gasteiger partial charge in [-0.05, 0) is 38.4 Å². The van der Waals surface area contributed by atoms with Gasteiger partial charge in [0.25, 0.3) is 0 Å². The molecule has 5 nitrogen and oxygen atoms in total. The van der Waals surface area contributed by atoms with Gasteiger partial charge in [-0.25, -0.2) is 0 Å². The zero-order chi connectivity index (χ0) is 16.3. The molecule has 1 aromatic carbocycles. The maximum atomic E-state index is 5.90. The Morgan fingerprint density at radius 3 is 2.61 bits per heavy atom. The largest absolute Gasteiger partial charge is 0.370 e. The molecule has 1 saturated heterocycles. The number of benzene rings is 1. The molecule has 1 aliphatic rings. The van der Waals surface area contributed by atoms with Crippen molar-refractivity contribution >= 4 is 5.96 Å². The summed E-state index contributed by atoms with van der Waals surface area (Å²) in [7, 11) is 2.19. The van der Waals surface area contributed by atoms with E-state index in [9.17, 15) is 0 Å². The van der Waals surface area contributed by atoms with Crippen LogP contribution in [0.2, 0.25) is 0 Å². The predicted octanol–water partition coefficient (Wildman–Crippen LogP) is 1.16. The second-order valence-corrected chi connectivity index (χ2v) is 6.28. The Morgan fingerprint density at radius 2 is 1.87 bits per heavy atom. The number of likely N-dealkylation sites (N-methyl/N-ethyl adjacent to an activating group) is 1. The molecule has 1 aliphatic heterocycles. The maximum Gasteiger partial charge on any atom is 0.188 e. The van der Waals surface area contributed by atoms with Crippen molar-refractivity contribution in [3.63, 3.8) is 0 Å². The first-order valence-electron chi connectivity index (χ1n) is 8.72. The van der Waals surface area contributed by atoms with Crippen molar-refractivity contribution in [2.45, 2.75) is 19.3 Å². The van der Waals surface area contributed by atoms with Crippen LogP contribution in [0.1, 0.15) is 18.4 Å². The summed E-state index contributed by atoms with van der Waals surface area (Å²) in [5.74, 6) is 0.570. The maximum absolute atomic E-state index is 5.90. The monoisotopic (exact) mass is 317 g/mol. The first kappa shape index (κ1) is 17.8. The Balaban J connectivity index is 1.49. The number of nitrogens with zero attached hydrogens (tertiary/aromatic N) is 3. The van der Waals surface area contributed by atoms with Crippen molar-refractivity contribution in [2.24, 2.45) is 10.7 Å². The van der Waals surface area contributed by atoms with Crippen LogP contribution in [-0.4, -0.2) is 68.6 Å². The van der Waals surface area contributed by atoms with E-state index < -0.39 is 0 Å². The minimum atomic E-state index is 0.570. The zero-order valence-electron chi connectivity index (χ0n) is 14.4. The molecule has 0 unspecified atom stereocenters. The zero-order valence-corrected chi connectivity index (χ0v) is 14.4. The average Bonchev–Trinajstić information content (AvgIpc) is 2.57. The van der Waals surface area contributed by atoms with Crippen molar-refractivity contribution in [2.75, 3.05) is 52.9 Å². The number of hydrogen-bond acceptors (Lipinski definition) is 3. The van der Waals surface area contributed by atoms with Gasteiger partial charge in [-0.15, -0.1) is 0 Å². The molecule has 2 rings (SSSR count). The molecule has 0 radical (unpaired) electrons. The number of piperazine rings is 1. The third-order valence-electron chi connectivity index (χ3n) is 4.32. The van der Waals surface area contributed by atoms with Crippen LogP contribution in [0.3, 0.4) is 0 Å². The van der Waals surface area contributed by atoms with Crippen LogP contribution in [0.5, 0.6) is 0 Å². The van der Waals surface area contributed by atoms with E-state index in [4.69, 9.17) is 5.73 Å². The Kier molecular flexibility index (Phi) is 7.90. The highest BCUT2D eigenvalue weighted by molar-refractivity contribution is 5.77. The highest BCUT2D eigenvalue weighted by Crippen LogP contribution is 2.02. The van der Waals surface area contributed by atoms with Crippen LogP contribution >= 0.6 is 0 Å². The molecule has 23 heavy (non-hydrogen) atoms. The number of aliphatic imine (C=N–C) groups is 1. The summed E-state index contributed by atoms with van der Waals surface area (Å²) >= 11 is 0. The minimum Gasteiger partial charge on any atom is -0.370 e. The SMILES string of the molecule is CN1CCN(CCCCN=C(N)NCCc2ccccc2)CC1. The fourth-order valence-electron chi connectivity index (χ4n) is 2.75. The quantitative estimate of drug-likeness (QED) is 0.429. The van der Waals surface area contributed by atoms with Gasteiger partial charge in [-0.1, -0.05) is 30.3 Å². The normalized spacial score (nSPS) is 17.3. The van der Waals surface area contributed by atoms with Gasteiger partial charge in [0.2, 0.25) is 0 Å². The third kappa shape index (κ3) is 7.48. The Morgan fingerprint density at radius 1 is 1.13 bits per heavy atom. The molecule has 0 bridgehead atoms. The highest BCUT2D eigenvalue weighted by Gasteiger charge is 2.12. The lowest BCUT2D eigenvalue weighted by Gasteiger charge is -2.32.